The van der Waals surface area contributed by atoms with E-state index in [-0.39, 0.29) is 17.7 Å². The molecule has 0 aromatic heterocycles. The van der Waals surface area contributed by atoms with Crippen LogP contribution in [0.25, 0.3) is 0 Å². The number of nitrogen functional groups attached to an aromatic ring is 1. The zero-order valence-corrected chi connectivity index (χ0v) is 11.3. The molecule has 1 saturated carbocycles. The molecule has 1 aromatic carbocycles. The highest BCUT2D eigenvalue weighted by molar-refractivity contribution is 5.95. The average Bonchev–Trinajstić information content (AvgIpc) is 2.41. The van der Waals surface area contributed by atoms with Crippen molar-refractivity contribution in [1.82, 2.24) is 0 Å². The Morgan fingerprint density at radius 2 is 2.26 bits per heavy atom. The van der Waals surface area contributed by atoms with Gasteiger partial charge in [0, 0.05) is 5.56 Å². The van der Waals surface area contributed by atoms with Crippen molar-refractivity contribution in [2.24, 2.45) is 11.7 Å². The Hall–Kier alpha value is -1.58. The van der Waals surface area contributed by atoms with Crippen molar-refractivity contribution in [3.8, 4) is 5.75 Å². The summed E-state index contributed by atoms with van der Waals surface area (Å²) in [6.45, 7) is 2.19. The fourth-order valence-corrected chi connectivity index (χ4v) is 2.66. The molecule has 0 heterocycles. The van der Waals surface area contributed by atoms with Gasteiger partial charge in [0.25, 0.3) is 0 Å². The number of hydrogen-bond acceptors (Lipinski definition) is 2. The third kappa shape index (κ3) is 3.46. The average molecular weight is 264 g/mol. The summed E-state index contributed by atoms with van der Waals surface area (Å²) < 4.78 is 19.6. The van der Waals surface area contributed by atoms with Gasteiger partial charge >= 0.3 is 0 Å². The molecule has 2 unspecified atom stereocenters. The summed E-state index contributed by atoms with van der Waals surface area (Å²) in [6.07, 6.45) is 5.66. The fraction of sp³-hybridized carbons (Fsp3) is 0.533. The van der Waals surface area contributed by atoms with E-state index in [4.69, 9.17) is 15.9 Å². The van der Waals surface area contributed by atoms with Gasteiger partial charge in [0.2, 0.25) is 0 Å². The van der Waals surface area contributed by atoms with Gasteiger partial charge in [-0.2, -0.15) is 0 Å². The van der Waals surface area contributed by atoms with Gasteiger partial charge in [-0.1, -0.05) is 19.8 Å². The van der Waals surface area contributed by atoms with Crippen LogP contribution in [0.4, 0.5) is 4.39 Å². The van der Waals surface area contributed by atoms with Gasteiger partial charge in [0.05, 0.1) is 6.10 Å². The van der Waals surface area contributed by atoms with Crippen LogP contribution < -0.4 is 10.5 Å². The van der Waals surface area contributed by atoms with E-state index < -0.39 is 5.82 Å². The predicted molar refractivity (Wildman–Crippen MR) is 74.1 cm³/mol. The number of nitrogens with two attached hydrogens (primary N) is 1. The highest BCUT2D eigenvalue weighted by Gasteiger charge is 2.23. The van der Waals surface area contributed by atoms with Gasteiger partial charge in [-0.3, -0.25) is 5.41 Å². The summed E-state index contributed by atoms with van der Waals surface area (Å²) in [5, 5.41) is 7.28. The first-order chi connectivity index (χ1) is 9.10. The van der Waals surface area contributed by atoms with Crippen LogP contribution in [0.5, 0.6) is 5.75 Å². The van der Waals surface area contributed by atoms with Crippen LogP contribution in [0.3, 0.4) is 0 Å². The number of amidine groups is 1. The summed E-state index contributed by atoms with van der Waals surface area (Å²) in [5.41, 5.74) is 5.72. The quantitative estimate of drug-likeness (QED) is 0.646. The molecule has 1 aliphatic rings. The van der Waals surface area contributed by atoms with E-state index in [9.17, 15) is 4.39 Å². The molecule has 1 fully saturated rings. The van der Waals surface area contributed by atoms with E-state index in [0.717, 1.165) is 25.7 Å². The number of rotatable bonds is 4. The van der Waals surface area contributed by atoms with Gasteiger partial charge in [0.1, 0.15) is 5.84 Å². The van der Waals surface area contributed by atoms with E-state index in [1.165, 1.54) is 12.5 Å². The van der Waals surface area contributed by atoms with E-state index in [1.807, 2.05) is 0 Å². The highest BCUT2D eigenvalue weighted by Crippen LogP contribution is 2.30. The molecule has 2 atom stereocenters. The third-order valence-corrected chi connectivity index (χ3v) is 3.85. The van der Waals surface area contributed by atoms with E-state index in [2.05, 4.69) is 6.92 Å². The normalized spacial score (nSPS) is 23.1. The van der Waals surface area contributed by atoms with Crippen molar-refractivity contribution in [2.45, 2.75) is 45.1 Å². The van der Waals surface area contributed by atoms with Crippen LogP contribution in [0, 0.1) is 17.1 Å². The summed E-state index contributed by atoms with van der Waals surface area (Å²) in [4.78, 5) is 0. The Kier molecular flexibility index (Phi) is 4.40. The van der Waals surface area contributed by atoms with E-state index in [1.54, 1.807) is 12.1 Å². The van der Waals surface area contributed by atoms with Crippen LogP contribution in [-0.4, -0.2) is 11.9 Å². The van der Waals surface area contributed by atoms with Gasteiger partial charge < -0.3 is 10.5 Å². The fourth-order valence-electron chi connectivity index (χ4n) is 2.66. The molecule has 1 aromatic rings. The lowest BCUT2D eigenvalue weighted by Crippen LogP contribution is -2.25. The van der Waals surface area contributed by atoms with Gasteiger partial charge in [-0.05, 0) is 43.4 Å². The number of halogens is 1. The Bertz CT molecular complexity index is 461. The lowest BCUT2D eigenvalue weighted by molar-refractivity contribution is 0.117. The van der Waals surface area contributed by atoms with E-state index in [0.29, 0.717) is 11.5 Å². The minimum absolute atomic E-state index is 0.108. The first-order valence-electron chi connectivity index (χ1n) is 6.90. The lowest BCUT2D eigenvalue weighted by atomic mass is 9.85. The summed E-state index contributed by atoms with van der Waals surface area (Å²) >= 11 is 0. The monoisotopic (exact) mass is 264 g/mol. The molecule has 1 aliphatic carbocycles. The molecule has 4 heteroatoms. The molecule has 0 aliphatic heterocycles. The summed E-state index contributed by atoms with van der Waals surface area (Å²) in [6, 6.07) is 4.46. The second-order valence-corrected chi connectivity index (χ2v) is 5.24. The van der Waals surface area contributed by atoms with Gasteiger partial charge in [-0.15, -0.1) is 0 Å². The number of hydrogen-bond donors (Lipinski definition) is 2. The summed E-state index contributed by atoms with van der Waals surface area (Å²) in [7, 11) is 0. The van der Waals surface area contributed by atoms with Crippen LogP contribution in [0.2, 0.25) is 0 Å². The maximum Gasteiger partial charge on any atom is 0.165 e. The van der Waals surface area contributed by atoms with Crippen molar-refractivity contribution < 1.29 is 9.13 Å². The standard InChI is InChI=1S/C15H21FN2O/c1-2-10-4-3-5-12(8-10)19-14-7-6-11(15(17)18)9-13(14)16/h6-7,9-10,12H,2-5,8H2,1H3,(H3,17,18). The second kappa shape index (κ2) is 6.04. The predicted octanol–water partition coefficient (Wildman–Crippen LogP) is 3.46. The largest absolute Gasteiger partial charge is 0.487 e. The number of nitrogens with one attached hydrogen (secondary N) is 1. The molecule has 2 rings (SSSR count). The van der Waals surface area contributed by atoms with Crippen molar-refractivity contribution in [2.75, 3.05) is 0 Å². The van der Waals surface area contributed by atoms with Gasteiger partial charge in [-0.25, -0.2) is 4.39 Å². The lowest BCUT2D eigenvalue weighted by Gasteiger charge is -2.29. The minimum atomic E-state index is -0.439. The van der Waals surface area contributed by atoms with Crippen LogP contribution in [-0.2, 0) is 0 Å². The molecule has 0 radical (unpaired) electrons. The zero-order chi connectivity index (χ0) is 13.8. The molecule has 3 nitrogen and oxygen atoms in total. The summed E-state index contributed by atoms with van der Waals surface area (Å²) in [5.74, 6) is 0.394. The van der Waals surface area contributed by atoms with Gasteiger partial charge in [0.15, 0.2) is 11.6 Å². The Morgan fingerprint density at radius 1 is 1.47 bits per heavy atom. The second-order valence-electron chi connectivity index (χ2n) is 5.24. The van der Waals surface area contributed by atoms with Crippen molar-refractivity contribution in [3.63, 3.8) is 0 Å². The highest BCUT2D eigenvalue weighted by atomic mass is 19.1. The molecule has 0 bridgehead atoms. The number of ether oxygens (including phenoxy) is 1. The first kappa shape index (κ1) is 13.8. The minimum Gasteiger partial charge on any atom is -0.487 e. The Morgan fingerprint density at radius 3 is 2.89 bits per heavy atom. The molecule has 0 amide bonds. The third-order valence-electron chi connectivity index (χ3n) is 3.85. The maximum atomic E-state index is 13.9. The number of benzene rings is 1. The van der Waals surface area contributed by atoms with Crippen molar-refractivity contribution >= 4 is 5.84 Å². The molecule has 104 valence electrons. The Labute approximate surface area is 113 Å². The molecular formula is C15H21FN2O. The van der Waals surface area contributed by atoms with Crippen molar-refractivity contribution in [1.29, 1.82) is 5.41 Å². The SMILES string of the molecule is CCC1CCCC(Oc2ccc(C(=N)N)cc2F)C1. The van der Waals surface area contributed by atoms with Crippen LogP contribution in [0.15, 0.2) is 18.2 Å². The molecule has 0 spiro atoms. The van der Waals surface area contributed by atoms with Crippen molar-refractivity contribution in [3.05, 3.63) is 29.6 Å². The first-order valence-corrected chi connectivity index (χ1v) is 6.90. The van der Waals surface area contributed by atoms with E-state index >= 15 is 0 Å². The smallest absolute Gasteiger partial charge is 0.165 e. The molecule has 19 heavy (non-hydrogen) atoms. The molecular weight excluding hydrogens is 243 g/mol. The molecule has 3 N–H and O–H groups in total. The topological polar surface area (TPSA) is 59.1 Å². The maximum absolute atomic E-state index is 13.9. The Balaban J connectivity index is 2.04. The van der Waals surface area contributed by atoms with Crippen LogP contribution >= 0.6 is 0 Å². The van der Waals surface area contributed by atoms with Crippen LogP contribution in [0.1, 0.15) is 44.6 Å². The molecule has 0 saturated heterocycles. The zero-order valence-electron chi connectivity index (χ0n) is 11.3.